The molecule has 2 nitrogen and oxygen atoms in total. The Kier molecular flexibility index (Phi) is 4.70. The Morgan fingerprint density at radius 2 is 1.91 bits per heavy atom. The van der Waals surface area contributed by atoms with Crippen LogP contribution in [0.1, 0.15) is 38.7 Å². The van der Waals surface area contributed by atoms with Gasteiger partial charge in [-0.3, -0.25) is 0 Å². The average molecular weight is 319 g/mol. The molecule has 0 saturated heterocycles. The highest BCUT2D eigenvalue weighted by molar-refractivity contribution is 5.47. The Labute approximate surface area is 127 Å². The van der Waals surface area contributed by atoms with Crippen LogP contribution in [0.3, 0.4) is 0 Å². The lowest BCUT2D eigenvalue weighted by Crippen LogP contribution is -2.34. The van der Waals surface area contributed by atoms with Crippen molar-refractivity contribution < 1.29 is 22.7 Å². The van der Waals surface area contributed by atoms with Gasteiger partial charge in [0.05, 0.1) is 11.7 Å². The number of rotatable bonds is 3. The van der Waals surface area contributed by atoms with Gasteiger partial charge in [0.25, 0.3) is 0 Å². The van der Waals surface area contributed by atoms with Gasteiger partial charge in [-0.1, -0.05) is 13.8 Å². The highest BCUT2D eigenvalue weighted by Gasteiger charge is 2.33. The molecule has 0 amide bonds. The van der Waals surface area contributed by atoms with Crippen LogP contribution < -0.4 is 5.32 Å². The van der Waals surface area contributed by atoms with Gasteiger partial charge >= 0.3 is 6.18 Å². The minimum Gasteiger partial charge on any atom is -0.393 e. The topological polar surface area (TPSA) is 32.3 Å². The van der Waals surface area contributed by atoms with Gasteiger partial charge in [-0.05, 0) is 48.8 Å². The zero-order chi connectivity index (χ0) is 16.5. The van der Waals surface area contributed by atoms with E-state index in [2.05, 4.69) is 19.2 Å². The molecule has 0 radical (unpaired) electrons. The summed E-state index contributed by atoms with van der Waals surface area (Å²) in [5, 5.41) is 12.7. The summed E-state index contributed by atoms with van der Waals surface area (Å²) in [6, 6.07) is 2.45. The summed E-state index contributed by atoms with van der Waals surface area (Å²) in [5.74, 6) is -0.766. The Morgan fingerprint density at radius 3 is 2.50 bits per heavy atom. The molecule has 1 aromatic rings. The molecule has 0 bridgehead atoms. The number of benzene rings is 1. The molecule has 2 rings (SSSR count). The number of anilines is 1. The zero-order valence-corrected chi connectivity index (χ0v) is 12.7. The van der Waals surface area contributed by atoms with E-state index in [1.54, 1.807) is 0 Å². The Bertz CT molecular complexity index is 527. The number of halogens is 4. The minimum atomic E-state index is -4.57. The first-order valence-electron chi connectivity index (χ1n) is 7.35. The molecule has 6 heteroatoms. The van der Waals surface area contributed by atoms with Crippen molar-refractivity contribution in [2.75, 3.05) is 11.9 Å². The maximum absolute atomic E-state index is 13.3. The van der Waals surface area contributed by atoms with E-state index < -0.39 is 23.7 Å². The van der Waals surface area contributed by atoms with Gasteiger partial charge in [-0.25, -0.2) is 4.39 Å². The Morgan fingerprint density at radius 1 is 1.23 bits per heavy atom. The Hall–Kier alpha value is -1.30. The van der Waals surface area contributed by atoms with E-state index in [-0.39, 0.29) is 17.0 Å². The van der Waals surface area contributed by atoms with E-state index in [0.29, 0.717) is 19.0 Å². The highest BCUT2D eigenvalue weighted by Crippen LogP contribution is 2.39. The number of aliphatic hydroxyl groups is 1. The molecule has 0 heterocycles. The Balaban J connectivity index is 2.04. The van der Waals surface area contributed by atoms with Gasteiger partial charge in [-0.15, -0.1) is 0 Å². The maximum atomic E-state index is 13.3. The minimum absolute atomic E-state index is 0.00306. The second-order valence-electron chi connectivity index (χ2n) is 6.94. The van der Waals surface area contributed by atoms with Crippen molar-refractivity contribution >= 4 is 5.69 Å². The number of aliphatic hydroxyl groups excluding tert-OH is 1. The molecule has 0 aromatic heterocycles. The highest BCUT2D eigenvalue weighted by atomic mass is 19.4. The van der Waals surface area contributed by atoms with Crippen LogP contribution in [0.5, 0.6) is 0 Å². The standard InChI is InChI=1S/C16H21F4NO/c1-15(2)7-10(3-14(22)8-15)9-21-13-5-11(16(18,19)20)4-12(17)6-13/h4-6,10,14,21-22H,3,7-9H2,1-2H3. The van der Waals surface area contributed by atoms with E-state index in [4.69, 9.17) is 0 Å². The van der Waals surface area contributed by atoms with Crippen molar-refractivity contribution in [3.05, 3.63) is 29.6 Å². The number of hydrogen-bond acceptors (Lipinski definition) is 2. The SMILES string of the molecule is CC1(C)CC(O)CC(CNc2cc(F)cc(C(F)(F)F)c2)C1. The molecule has 1 aliphatic carbocycles. The van der Waals surface area contributed by atoms with E-state index in [1.807, 2.05) is 0 Å². The van der Waals surface area contributed by atoms with E-state index in [1.165, 1.54) is 0 Å². The number of alkyl halides is 3. The summed E-state index contributed by atoms with van der Waals surface area (Å²) >= 11 is 0. The van der Waals surface area contributed by atoms with Gasteiger partial charge in [0.15, 0.2) is 0 Å². The first kappa shape index (κ1) is 17.1. The van der Waals surface area contributed by atoms with Crippen molar-refractivity contribution in [1.29, 1.82) is 0 Å². The molecular weight excluding hydrogens is 298 g/mol. The zero-order valence-electron chi connectivity index (χ0n) is 12.7. The van der Waals surface area contributed by atoms with Crippen molar-refractivity contribution in [3.8, 4) is 0 Å². The summed E-state index contributed by atoms with van der Waals surface area (Å²) in [5.41, 5.74) is -0.882. The van der Waals surface area contributed by atoms with E-state index in [0.717, 1.165) is 25.0 Å². The maximum Gasteiger partial charge on any atom is 0.416 e. The third kappa shape index (κ3) is 4.60. The molecule has 0 spiro atoms. The first-order chi connectivity index (χ1) is 10.0. The van der Waals surface area contributed by atoms with Crippen LogP contribution in [0.25, 0.3) is 0 Å². The lowest BCUT2D eigenvalue weighted by molar-refractivity contribution is -0.137. The fraction of sp³-hybridized carbons (Fsp3) is 0.625. The first-order valence-corrected chi connectivity index (χ1v) is 7.35. The van der Waals surface area contributed by atoms with Crippen molar-refractivity contribution in [1.82, 2.24) is 0 Å². The van der Waals surface area contributed by atoms with E-state index in [9.17, 15) is 22.7 Å². The molecule has 1 fully saturated rings. The average Bonchev–Trinajstić information content (AvgIpc) is 2.32. The fourth-order valence-corrected chi connectivity index (χ4v) is 3.33. The molecule has 2 atom stereocenters. The molecular formula is C16H21F4NO. The van der Waals surface area contributed by atoms with Crippen molar-refractivity contribution in [3.63, 3.8) is 0 Å². The molecule has 1 aliphatic rings. The lowest BCUT2D eigenvalue weighted by Gasteiger charge is -2.38. The molecule has 2 unspecified atom stereocenters. The summed E-state index contributed by atoms with van der Waals surface area (Å²) < 4.78 is 51.3. The van der Waals surface area contributed by atoms with Crippen molar-refractivity contribution in [2.45, 2.75) is 45.4 Å². The van der Waals surface area contributed by atoms with E-state index >= 15 is 0 Å². The monoisotopic (exact) mass is 319 g/mol. The smallest absolute Gasteiger partial charge is 0.393 e. The summed E-state index contributed by atoms with van der Waals surface area (Å²) in [7, 11) is 0. The normalized spacial score (nSPS) is 25.0. The van der Waals surface area contributed by atoms with Gasteiger partial charge < -0.3 is 10.4 Å². The number of nitrogens with one attached hydrogen (secondary N) is 1. The molecule has 1 aromatic carbocycles. The van der Waals surface area contributed by atoms with Crippen LogP contribution in [-0.2, 0) is 6.18 Å². The van der Waals surface area contributed by atoms with Crippen LogP contribution in [0, 0.1) is 17.2 Å². The van der Waals surface area contributed by atoms with Gasteiger partial charge in [0.2, 0.25) is 0 Å². The lowest BCUT2D eigenvalue weighted by atomic mass is 9.71. The second-order valence-corrected chi connectivity index (χ2v) is 6.94. The van der Waals surface area contributed by atoms with Gasteiger partial charge in [0.1, 0.15) is 5.82 Å². The van der Waals surface area contributed by atoms with Gasteiger partial charge in [0, 0.05) is 12.2 Å². The van der Waals surface area contributed by atoms with Crippen LogP contribution in [0.2, 0.25) is 0 Å². The summed E-state index contributed by atoms with van der Waals surface area (Å²) in [4.78, 5) is 0. The summed E-state index contributed by atoms with van der Waals surface area (Å²) in [6.45, 7) is 4.54. The molecule has 124 valence electrons. The van der Waals surface area contributed by atoms with Crippen molar-refractivity contribution in [2.24, 2.45) is 11.3 Å². The van der Waals surface area contributed by atoms with Crippen LogP contribution in [0.15, 0.2) is 18.2 Å². The predicted octanol–water partition coefficient (Wildman–Crippen LogP) is 4.44. The molecule has 1 saturated carbocycles. The second kappa shape index (κ2) is 6.07. The predicted molar refractivity (Wildman–Crippen MR) is 77.0 cm³/mol. The summed E-state index contributed by atoms with van der Waals surface area (Å²) in [6.07, 6.45) is -2.76. The molecule has 0 aliphatic heterocycles. The number of hydrogen-bond donors (Lipinski definition) is 2. The van der Waals surface area contributed by atoms with Crippen LogP contribution in [0.4, 0.5) is 23.2 Å². The third-order valence-corrected chi connectivity index (χ3v) is 4.05. The third-order valence-electron chi connectivity index (χ3n) is 4.05. The quantitative estimate of drug-likeness (QED) is 0.807. The van der Waals surface area contributed by atoms with Crippen LogP contribution in [-0.4, -0.2) is 17.8 Å². The molecule has 22 heavy (non-hydrogen) atoms. The van der Waals surface area contributed by atoms with Crippen LogP contribution >= 0.6 is 0 Å². The largest absolute Gasteiger partial charge is 0.416 e. The fourth-order valence-electron chi connectivity index (χ4n) is 3.33. The molecule has 2 N–H and O–H groups in total. The van der Waals surface area contributed by atoms with Gasteiger partial charge in [-0.2, -0.15) is 13.2 Å².